The summed E-state index contributed by atoms with van der Waals surface area (Å²) in [6.07, 6.45) is 8.68. The molecule has 1 aromatic carbocycles. The molecule has 0 amide bonds. The summed E-state index contributed by atoms with van der Waals surface area (Å²) in [5, 5.41) is 0. The van der Waals surface area contributed by atoms with E-state index in [-0.39, 0.29) is 0 Å². The van der Waals surface area contributed by atoms with Gasteiger partial charge in [-0.2, -0.15) is 0 Å². The Morgan fingerprint density at radius 1 is 1.23 bits per heavy atom. The summed E-state index contributed by atoms with van der Waals surface area (Å²) >= 11 is 0. The van der Waals surface area contributed by atoms with Crippen LogP contribution in [0.2, 0.25) is 0 Å². The fourth-order valence-electron chi connectivity index (χ4n) is 2.99. The van der Waals surface area contributed by atoms with Crippen LogP contribution in [0.3, 0.4) is 0 Å². The number of aromatic nitrogens is 1. The van der Waals surface area contributed by atoms with Crippen LogP contribution >= 0.6 is 0 Å². The van der Waals surface area contributed by atoms with Gasteiger partial charge in [0.2, 0.25) is 7.98 Å². The molecule has 0 saturated carbocycles. The van der Waals surface area contributed by atoms with E-state index in [4.69, 9.17) is 23.4 Å². The number of hydrogen-bond acceptors (Lipinski definition) is 3. The van der Waals surface area contributed by atoms with Crippen molar-refractivity contribution in [2.45, 2.75) is 13.3 Å². The summed E-state index contributed by atoms with van der Waals surface area (Å²) in [5.41, 5.74) is 11.9. The molecule has 0 aliphatic carbocycles. The highest BCUT2D eigenvalue weighted by atomic mass is 16.5. The Balaban J connectivity index is 1.90. The van der Waals surface area contributed by atoms with Gasteiger partial charge in [-0.3, -0.25) is 0 Å². The van der Waals surface area contributed by atoms with E-state index in [1.165, 1.54) is 0 Å². The molecular weight excluding hydrogens is 321 g/mol. The molecule has 2 heterocycles. The van der Waals surface area contributed by atoms with Crippen molar-refractivity contribution >= 4 is 25.3 Å². The van der Waals surface area contributed by atoms with Gasteiger partial charge < -0.3 is 14.9 Å². The molecule has 5 heteroatoms. The van der Waals surface area contributed by atoms with Crippen molar-refractivity contribution in [1.29, 1.82) is 0 Å². The van der Waals surface area contributed by atoms with E-state index >= 15 is 0 Å². The molecule has 130 valence electrons. The second-order valence-corrected chi connectivity index (χ2v) is 6.14. The second kappa shape index (κ2) is 8.06. The molecule has 0 fully saturated rings. The van der Waals surface area contributed by atoms with Gasteiger partial charge in [0, 0.05) is 11.3 Å². The molecule has 0 atom stereocenters. The average molecular weight is 343 g/mol. The quantitative estimate of drug-likeness (QED) is 0.815. The summed E-state index contributed by atoms with van der Waals surface area (Å²) in [6, 6.07) is 11.8. The molecule has 0 saturated heterocycles. The molecule has 2 aromatic rings. The minimum Gasteiger partial charge on any atom is -0.497 e. The van der Waals surface area contributed by atoms with Gasteiger partial charge in [-0.1, -0.05) is 18.2 Å². The lowest BCUT2D eigenvalue weighted by Crippen LogP contribution is -2.05. The maximum Gasteiger partial charge on any atom is 0.234 e. The van der Waals surface area contributed by atoms with Crippen molar-refractivity contribution in [3.63, 3.8) is 0 Å². The number of methoxy groups -OCH3 is 1. The van der Waals surface area contributed by atoms with Gasteiger partial charge in [0.25, 0.3) is 0 Å². The Hall–Kier alpha value is -2.79. The first-order valence-corrected chi connectivity index (χ1v) is 8.58. The smallest absolute Gasteiger partial charge is 0.234 e. The molecule has 1 aliphatic heterocycles. The van der Waals surface area contributed by atoms with Gasteiger partial charge in [0.05, 0.1) is 18.5 Å². The zero-order chi connectivity index (χ0) is 18.5. The van der Waals surface area contributed by atoms with Crippen molar-refractivity contribution in [3.05, 3.63) is 77.3 Å². The highest BCUT2D eigenvalue weighted by Gasteiger charge is 2.16. The van der Waals surface area contributed by atoms with Gasteiger partial charge in [-0.05, 0) is 73.6 Å². The largest absolute Gasteiger partial charge is 0.497 e. The first-order chi connectivity index (χ1) is 12.6. The first-order valence-electron chi connectivity index (χ1n) is 8.58. The molecule has 4 nitrogen and oxygen atoms in total. The van der Waals surface area contributed by atoms with E-state index in [2.05, 4.69) is 13.0 Å². The minimum absolute atomic E-state index is 0.545. The summed E-state index contributed by atoms with van der Waals surface area (Å²) in [4.78, 5) is 4.80. The highest BCUT2D eigenvalue weighted by Crippen LogP contribution is 2.31. The van der Waals surface area contributed by atoms with Crippen LogP contribution in [0.4, 0.5) is 0 Å². The molecule has 0 unspecified atom stereocenters. The first kappa shape index (κ1) is 18.0. The van der Waals surface area contributed by atoms with Crippen LogP contribution in [0.25, 0.3) is 11.6 Å². The van der Waals surface area contributed by atoms with Crippen LogP contribution in [-0.2, 0) is 0 Å². The lowest BCUT2D eigenvalue weighted by molar-refractivity contribution is 0.415. The predicted octanol–water partition coefficient (Wildman–Crippen LogP) is 3.60. The van der Waals surface area contributed by atoms with E-state index in [0.29, 0.717) is 6.54 Å². The van der Waals surface area contributed by atoms with Gasteiger partial charge in [0.1, 0.15) is 5.75 Å². The number of aliphatic imine (C=N–C) groups is 1. The predicted molar refractivity (Wildman–Crippen MR) is 109 cm³/mol. The maximum absolute atomic E-state index is 6.03. The lowest BCUT2D eigenvalue weighted by atomic mass is 10.0. The third-order valence-electron chi connectivity index (χ3n) is 4.31. The molecule has 26 heavy (non-hydrogen) atoms. The third kappa shape index (κ3) is 3.89. The minimum atomic E-state index is 0.545. The summed E-state index contributed by atoms with van der Waals surface area (Å²) in [5.74, 6) is 0.845. The van der Waals surface area contributed by atoms with Crippen molar-refractivity contribution in [2.24, 2.45) is 10.7 Å². The Kier molecular flexibility index (Phi) is 5.59. The van der Waals surface area contributed by atoms with Gasteiger partial charge in [0.15, 0.2) is 0 Å². The summed E-state index contributed by atoms with van der Waals surface area (Å²) in [7, 11) is 7.69. The highest BCUT2D eigenvalue weighted by molar-refractivity contribution is 6.11. The van der Waals surface area contributed by atoms with Crippen LogP contribution in [0, 0.1) is 0 Å². The number of rotatable bonds is 6. The van der Waals surface area contributed by atoms with E-state index in [1.807, 2.05) is 54.7 Å². The van der Waals surface area contributed by atoms with Crippen molar-refractivity contribution in [2.75, 3.05) is 13.7 Å². The number of benzene rings is 1. The zero-order valence-electron chi connectivity index (χ0n) is 15.1. The number of nitrogens with two attached hydrogens (primary N) is 1. The van der Waals surface area contributed by atoms with E-state index in [0.717, 1.165) is 46.0 Å². The van der Waals surface area contributed by atoms with Crippen molar-refractivity contribution < 1.29 is 4.74 Å². The third-order valence-corrected chi connectivity index (χ3v) is 4.31. The number of hydrogen-bond donors (Lipinski definition) is 1. The van der Waals surface area contributed by atoms with Crippen LogP contribution in [-0.4, -0.2) is 31.8 Å². The molecule has 2 N–H and O–H groups in total. The SMILES string of the molecule is [B]n1cccc1/C(CCN)=C1N=C(/C=C/c2ccc(OC)cc2)C=C\1C. The van der Waals surface area contributed by atoms with E-state index < -0.39 is 0 Å². The van der Waals surface area contributed by atoms with Gasteiger partial charge >= 0.3 is 0 Å². The summed E-state index contributed by atoms with van der Waals surface area (Å²) in [6.45, 7) is 2.61. The van der Waals surface area contributed by atoms with Crippen LogP contribution in [0.1, 0.15) is 24.6 Å². The number of ether oxygens (including phenoxy) is 1. The topological polar surface area (TPSA) is 52.5 Å². The zero-order valence-corrected chi connectivity index (χ0v) is 15.1. The van der Waals surface area contributed by atoms with Crippen LogP contribution in [0.5, 0.6) is 5.75 Å². The Labute approximate surface area is 155 Å². The van der Waals surface area contributed by atoms with E-state index in [1.54, 1.807) is 11.6 Å². The monoisotopic (exact) mass is 343 g/mol. The molecule has 0 bridgehead atoms. The standard InChI is InChI=1S/C21H22BN3O/c1-15-14-17(8-5-16-6-9-18(26-2)10-7-16)24-21(15)19(11-12-23)20-4-3-13-25(20)22/h3-10,13-14H,11-12,23H2,1-2H3/b8-5+,21-19-. The molecular formula is C21H22BN3O. The van der Waals surface area contributed by atoms with E-state index in [9.17, 15) is 0 Å². The van der Waals surface area contributed by atoms with Crippen LogP contribution < -0.4 is 10.5 Å². The second-order valence-electron chi connectivity index (χ2n) is 6.14. The Morgan fingerprint density at radius 3 is 2.62 bits per heavy atom. The van der Waals surface area contributed by atoms with Gasteiger partial charge in [-0.25, -0.2) is 4.99 Å². The molecule has 1 aromatic heterocycles. The van der Waals surface area contributed by atoms with Crippen LogP contribution in [0.15, 0.2) is 71.0 Å². The Morgan fingerprint density at radius 2 is 2.00 bits per heavy atom. The van der Waals surface area contributed by atoms with Gasteiger partial charge in [-0.15, -0.1) is 0 Å². The average Bonchev–Trinajstić information content (AvgIpc) is 3.24. The molecule has 3 rings (SSSR count). The van der Waals surface area contributed by atoms with Crippen molar-refractivity contribution in [3.8, 4) is 5.75 Å². The number of nitrogens with zero attached hydrogens (tertiary/aromatic N) is 2. The maximum atomic E-state index is 6.03. The fourth-order valence-corrected chi connectivity index (χ4v) is 2.99. The summed E-state index contributed by atoms with van der Waals surface area (Å²) < 4.78 is 6.80. The fraction of sp³-hybridized carbons (Fsp3) is 0.190. The number of allylic oxidation sites excluding steroid dienone is 3. The normalized spacial score (nSPS) is 16.0. The lowest BCUT2D eigenvalue weighted by Gasteiger charge is -2.11. The van der Waals surface area contributed by atoms with Crippen molar-refractivity contribution in [1.82, 2.24) is 4.48 Å². The Bertz CT molecular complexity index is 902. The molecule has 1 aliphatic rings. The molecule has 0 spiro atoms. The molecule has 2 radical (unpaired) electrons.